The van der Waals surface area contributed by atoms with Crippen molar-refractivity contribution in [3.05, 3.63) is 86.3 Å². The van der Waals surface area contributed by atoms with Crippen LogP contribution in [0, 0.1) is 12.8 Å². The minimum absolute atomic E-state index is 0.0452. The Bertz CT molecular complexity index is 2000. The SMILES string of the molecule is CC(C)=CCc1c(O)cc2oc(C)cc(=O)c2c1O.COc1cc2c(cc1OC)C1C(=O)c3ccc4c(c3OC1CO2)CC(C(C)C)O4. The second-order valence-corrected chi connectivity index (χ2v) is 12.9. The molecule has 0 spiro atoms. The fraction of sp³-hybridized carbons (Fsp3) is 0.368. The van der Waals surface area contributed by atoms with Gasteiger partial charge in [-0.2, -0.15) is 0 Å². The van der Waals surface area contributed by atoms with Crippen LogP contribution in [0.2, 0.25) is 0 Å². The fourth-order valence-corrected chi connectivity index (χ4v) is 6.42. The van der Waals surface area contributed by atoms with E-state index in [-0.39, 0.29) is 45.9 Å². The van der Waals surface area contributed by atoms with Crippen molar-refractivity contribution in [1.82, 2.24) is 0 Å². The first kappa shape index (κ1) is 32.8. The van der Waals surface area contributed by atoms with Crippen LogP contribution in [-0.4, -0.2) is 49.0 Å². The Morgan fingerprint density at radius 1 is 1.00 bits per heavy atom. The molecule has 1 aromatic heterocycles. The van der Waals surface area contributed by atoms with Crippen LogP contribution in [0.3, 0.4) is 0 Å². The maximum Gasteiger partial charge on any atom is 0.196 e. The molecule has 3 aliphatic heterocycles. The van der Waals surface area contributed by atoms with Crippen LogP contribution in [-0.2, 0) is 12.8 Å². The predicted octanol–water partition coefficient (Wildman–Crippen LogP) is 6.80. The lowest BCUT2D eigenvalue weighted by molar-refractivity contribution is 0.0554. The van der Waals surface area contributed by atoms with E-state index >= 15 is 0 Å². The summed E-state index contributed by atoms with van der Waals surface area (Å²) in [6.45, 7) is 10.1. The minimum Gasteiger partial charge on any atom is -0.507 e. The van der Waals surface area contributed by atoms with E-state index in [1.807, 2.05) is 38.1 Å². The molecule has 0 amide bonds. The summed E-state index contributed by atoms with van der Waals surface area (Å²) < 4.78 is 34.5. The van der Waals surface area contributed by atoms with Gasteiger partial charge in [0.2, 0.25) is 0 Å². The first-order chi connectivity index (χ1) is 22.9. The molecule has 252 valence electrons. The van der Waals surface area contributed by atoms with E-state index in [0.717, 1.165) is 28.9 Å². The summed E-state index contributed by atoms with van der Waals surface area (Å²) >= 11 is 0. The lowest BCUT2D eigenvalue weighted by Gasteiger charge is -2.37. The fourth-order valence-electron chi connectivity index (χ4n) is 6.42. The van der Waals surface area contributed by atoms with Crippen LogP contribution in [0.25, 0.3) is 11.0 Å². The van der Waals surface area contributed by atoms with Crippen molar-refractivity contribution in [3.63, 3.8) is 0 Å². The Labute approximate surface area is 278 Å². The molecule has 3 unspecified atom stereocenters. The number of Topliss-reactive ketones (excluding diaryl/α,β-unsaturated/α-hetero) is 1. The quantitative estimate of drug-likeness (QED) is 0.221. The number of phenolic OH excluding ortho intramolecular Hbond substituents is 2. The number of aromatic hydroxyl groups is 2. The molecule has 2 N–H and O–H groups in total. The molecule has 4 aromatic rings. The van der Waals surface area contributed by atoms with Crippen molar-refractivity contribution in [2.45, 2.75) is 65.6 Å². The van der Waals surface area contributed by atoms with E-state index in [9.17, 15) is 19.8 Å². The van der Waals surface area contributed by atoms with Crippen molar-refractivity contribution in [3.8, 4) is 40.2 Å². The normalized spacial score (nSPS) is 18.6. The van der Waals surface area contributed by atoms with Gasteiger partial charge in [-0.1, -0.05) is 25.5 Å². The third-order valence-electron chi connectivity index (χ3n) is 9.00. The molecule has 0 saturated heterocycles. The van der Waals surface area contributed by atoms with Gasteiger partial charge in [-0.15, -0.1) is 0 Å². The molecule has 3 atom stereocenters. The molecular weight excluding hydrogens is 616 g/mol. The molecule has 10 nitrogen and oxygen atoms in total. The van der Waals surface area contributed by atoms with E-state index in [1.165, 1.54) is 12.1 Å². The van der Waals surface area contributed by atoms with Gasteiger partial charge >= 0.3 is 0 Å². The third-order valence-corrected chi connectivity index (χ3v) is 9.00. The van der Waals surface area contributed by atoms with Crippen LogP contribution in [0.1, 0.15) is 66.4 Å². The summed E-state index contributed by atoms with van der Waals surface area (Å²) in [5, 5.41) is 20.2. The number of hydrogen-bond acceptors (Lipinski definition) is 10. The lowest BCUT2D eigenvalue weighted by atomic mass is 9.81. The van der Waals surface area contributed by atoms with Gasteiger partial charge in [0.15, 0.2) is 22.7 Å². The maximum atomic E-state index is 13.5. The third kappa shape index (κ3) is 5.80. The summed E-state index contributed by atoms with van der Waals surface area (Å²) in [6.07, 6.45) is 2.71. The highest BCUT2D eigenvalue weighted by Crippen LogP contribution is 2.50. The molecule has 10 heteroatoms. The first-order valence-electron chi connectivity index (χ1n) is 16.0. The largest absolute Gasteiger partial charge is 0.507 e. The van der Waals surface area contributed by atoms with Crippen molar-refractivity contribution in [2.75, 3.05) is 20.8 Å². The average Bonchev–Trinajstić information content (AvgIpc) is 3.49. The molecule has 48 heavy (non-hydrogen) atoms. The van der Waals surface area contributed by atoms with Crippen molar-refractivity contribution >= 4 is 16.8 Å². The number of aryl methyl sites for hydroxylation is 1. The Kier molecular flexibility index (Phi) is 8.76. The van der Waals surface area contributed by atoms with E-state index in [2.05, 4.69) is 13.8 Å². The van der Waals surface area contributed by atoms with E-state index in [4.69, 9.17) is 28.1 Å². The number of benzene rings is 3. The Morgan fingerprint density at radius 3 is 2.42 bits per heavy atom. The molecular formula is C38H40O10. The summed E-state index contributed by atoms with van der Waals surface area (Å²) in [6, 6.07) is 10.0. The molecule has 3 aliphatic rings. The zero-order chi connectivity index (χ0) is 34.4. The average molecular weight is 657 g/mol. The number of methoxy groups -OCH3 is 2. The number of allylic oxidation sites excluding steroid dienone is 2. The highest BCUT2D eigenvalue weighted by atomic mass is 16.5. The number of fused-ring (bicyclic) bond motifs is 7. The van der Waals surface area contributed by atoms with E-state index < -0.39 is 5.92 Å². The second-order valence-electron chi connectivity index (χ2n) is 12.9. The van der Waals surface area contributed by atoms with Gasteiger partial charge in [0.1, 0.15) is 64.3 Å². The number of carbonyl (C=O) groups excluding carboxylic acids is 1. The number of ketones is 1. The van der Waals surface area contributed by atoms with E-state index in [1.54, 1.807) is 27.2 Å². The predicted molar refractivity (Wildman–Crippen MR) is 180 cm³/mol. The number of ether oxygens (including phenoxy) is 5. The number of phenols is 2. The van der Waals surface area contributed by atoms with Crippen LogP contribution < -0.4 is 29.1 Å². The number of rotatable bonds is 5. The van der Waals surface area contributed by atoms with Gasteiger partial charge < -0.3 is 38.3 Å². The summed E-state index contributed by atoms with van der Waals surface area (Å²) in [7, 11) is 3.16. The molecule has 3 aromatic carbocycles. The zero-order valence-corrected chi connectivity index (χ0v) is 28.1. The van der Waals surface area contributed by atoms with Crippen molar-refractivity contribution in [1.29, 1.82) is 0 Å². The first-order valence-corrected chi connectivity index (χ1v) is 16.0. The maximum absolute atomic E-state index is 13.5. The number of hydrogen-bond donors (Lipinski definition) is 2. The van der Waals surface area contributed by atoms with Crippen molar-refractivity contribution in [2.24, 2.45) is 5.92 Å². The van der Waals surface area contributed by atoms with Gasteiger partial charge in [-0.3, -0.25) is 9.59 Å². The monoisotopic (exact) mass is 656 g/mol. The molecule has 0 radical (unpaired) electrons. The summed E-state index contributed by atoms with van der Waals surface area (Å²) in [4.78, 5) is 25.4. The van der Waals surface area contributed by atoms with Gasteiger partial charge in [0.25, 0.3) is 0 Å². The summed E-state index contributed by atoms with van der Waals surface area (Å²) in [5.74, 6) is 3.40. The minimum atomic E-state index is -0.438. The van der Waals surface area contributed by atoms with Crippen LogP contribution in [0.4, 0.5) is 0 Å². The molecule has 0 fully saturated rings. The van der Waals surface area contributed by atoms with E-state index in [0.29, 0.717) is 58.8 Å². The van der Waals surface area contributed by atoms with Crippen molar-refractivity contribution < 1.29 is 43.1 Å². The van der Waals surface area contributed by atoms with Crippen LogP contribution in [0.5, 0.6) is 40.2 Å². The van der Waals surface area contributed by atoms with Gasteiger partial charge in [0.05, 0.1) is 25.7 Å². The Morgan fingerprint density at radius 2 is 1.73 bits per heavy atom. The van der Waals surface area contributed by atoms with Gasteiger partial charge in [-0.25, -0.2) is 0 Å². The Balaban J connectivity index is 0.000000184. The van der Waals surface area contributed by atoms with Gasteiger partial charge in [0, 0.05) is 41.3 Å². The molecule has 0 saturated carbocycles. The molecule has 7 rings (SSSR count). The van der Waals surface area contributed by atoms with Gasteiger partial charge in [-0.05, 0) is 51.3 Å². The Hall–Kier alpha value is -5.12. The molecule has 0 bridgehead atoms. The summed E-state index contributed by atoms with van der Waals surface area (Å²) in [5.41, 5.74) is 3.66. The topological polar surface area (TPSA) is 134 Å². The van der Waals surface area contributed by atoms with Crippen LogP contribution >= 0.6 is 0 Å². The number of carbonyl (C=O) groups is 1. The molecule has 4 heterocycles. The second kappa shape index (κ2) is 12.8. The zero-order valence-electron chi connectivity index (χ0n) is 28.1. The van der Waals surface area contributed by atoms with Crippen LogP contribution in [0.15, 0.2) is 57.3 Å². The molecule has 0 aliphatic carbocycles. The lowest BCUT2D eigenvalue weighted by Crippen LogP contribution is -2.43. The highest BCUT2D eigenvalue weighted by Gasteiger charge is 2.45. The standard InChI is InChI=1S/C23H24O6.C15H16O4/c1-11(2)16-8-14-15(28-16)6-5-12-22(24)21-13-7-18(25-3)19(26-4)9-17(13)27-10-20(21)29-23(12)14;1-8(2)4-5-10-11(16)7-13-14(15(10)18)12(17)6-9(3)19-13/h5-7,9,11,16,20-21H,8,10H2,1-4H3;4,6-7,16,18H,5H2,1-3H3. The smallest absolute Gasteiger partial charge is 0.196 e. The highest BCUT2D eigenvalue weighted by molar-refractivity contribution is 6.06.